The molecule has 7 heteroatoms. The van der Waals surface area contributed by atoms with Crippen molar-refractivity contribution in [3.8, 4) is 0 Å². The number of imide groups is 1. The molecular formula is C26H29N3O4. The highest BCUT2D eigenvalue weighted by molar-refractivity contribution is 6.22. The number of hydrogen-bond acceptors (Lipinski definition) is 4. The summed E-state index contributed by atoms with van der Waals surface area (Å²) < 4.78 is 0. The molecule has 1 saturated heterocycles. The third-order valence-corrected chi connectivity index (χ3v) is 6.34. The maximum Gasteiger partial charge on any atom is 0.262 e. The zero-order valence-corrected chi connectivity index (χ0v) is 18.8. The Balaban J connectivity index is 1.53. The first-order valence-corrected chi connectivity index (χ1v) is 11.6. The molecule has 33 heavy (non-hydrogen) atoms. The van der Waals surface area contributed by atoms with Crippen LogP contribution in [0.1, 0.15) is 58.9 Å². The van der Waals surface area contributed by atoms with Crippen LogP contribution < -0.4 is 5.32 Å². The van der Waals surface area contributed by atoms with Gasteiger partial charge in [-0.3, -0.25) is 24.1 Å². The summed E-state index contributed by atoms with van der Waals surface area (Å²) in [4.78, 5) is 54.7. The van der Waals surface area contributed by atoms with Crippen molar-refractivity contribution in [3.05, 3.63) is 71.3 Å². The Hall–Kier alpha value is -3.48. The Labute approximate surface area is 193 Å². The number of piperidine rings is 1. The van der Waals surface area contributed by atoms with E-state index in [2.05, 4.69) is 5.32 Å². The van der Waals surface area contributed by atoms with Crippen LogP contribution >= 0.6 is 0 Å². The molecule has 4 rings (SSSR count). The van der Waals surface area contributed by atoms with Crippen molar-refractivity contribution in [1.82, 2.24) is 15.1 Å². The lowest BCUT2D eigenvalue weighted by Gasteiger charge is -2.36. The lowest BCUT2D eigenvalue weighted by molar-refractivity contribution is -0.136. The zero-order valence-electron chi connectivity index (χ0n) is 18.8. The van der Waals surface area contributed by atoms with Gasteiger partial charge >= 0.3 is 0 Å². The van der Waals surface area contributed by atoms with Gasteiger partial charge in [-0.25, -0.2) is 0 Å². The third-order valence-electron chi connectivity index (χ3n) is 6.34. The van der Waals surface area contributed by atoms with E-state index in [0.717, 1.165) is 16.9 Å². The van der Waals surface area contributed by atoms with Gasteiger partial charge in [-0.15, -0.1) is 0 Å². The molecule has 1 N–H and O–H groups in total. The quantitative estimate of drug-likeness (QED) is 0.662. The van der Waals surface area contributed by atoms with Gasteiger partial charge in [0.1, 0.15) is 6.04 Å². The van der Waals surface area contributed by atoms with E-state index in [1.807, 2.05) is 37.3 Å². The average Bonchev–Trinajstić information content (AvgIpc) is 3.08. The largest absolute Gasteiger partial charge is 0.353 e. The average molecular weight is 448 g/mol. The predicted molar refractivity (Wildman–Crippen MR) is 124 cm³/mol. The molecule has 0 bridgehead atoms. The van der Waals surface area contributed by atoms with E-state index in [1.54, 1.807) is 29.2 Å². The summed E-state index contributed by atoms with van der Waals surface area (Å²) in [5.74, 6) is -1.04. The van der Waals surface area contributed by atoms with Crippen LogP contribution in [0.3, 0.4) is 0 Å². The molecule has 0 spiro atoms. The number of fused-ring (bicyclic) bond motifs is 1. The van der Waals surface area contributed by atoms with E-state index in [4.69, 9.17) is 0 Å². The molecule has 1 unspecified atom stereocenters. The summed E-state index contributed by atoms with van der Waals surface area (Å²) in [6, 6.07) is 15.3. The normalized spacial score (nSPS) is 17.1. The summed E-state index contributed by atoms with van der Waals surface area (Å²) >= 11 is 0. The number of rotatable bonds is 7. The molecule has 0 aromatic heterocycles. The molecule has 2 heterocycles. The summed E-state index contributed by atoms with van der Waals surface area (Å²) in [6.45, 7) is 2.92. The highest BCUT2D eigenvalue weighted by Crippen LogP contribution is 2.27. The molecule has 7 nitrogen and oxygen atoms in total. The second-order valence-corrected chi connectivity index (χ2v) is 8.65. The van der Waals surface area contributed by atoms with Gasteiger partial charge in [0.15, 0.2) is 0 Å². The molecule has 4 amide bonds. The number of likely N-dealkylation sites (tertiary alicyclic amines) is 1. The van der Waals surface area contributed by atoms with Gasteiger partial charge in [0.25, 0.3) is 11.8 Å². The first kappa shape index (κ1) is 22.7. The van der Waals surface area contributed by atoms with Gasteiger partial charge in [-0.1, -0.05) is 49.4 Å². The molecular weight excluding hydrogens is 418 g/mol. The summed E-state index contributed by atoms with van der Waals surface area (Å²) in [7, 11) is 0. The number of nitrogens with zero attached hydrogens (tertiary/aromatic N) is 2. The first-order valence-electron chi connectivity index (χ1n) is 11.6. The highest BCUT2D eigenvalue weighted by Gasteiger charge is 2.44. The number of carbonyl (C=O) groups excluding carboxylic acids is 4. The molecule has 1 atom stereocenters. The van der Waals surface area contributed by atoms with Crippen molar-refractivity contribution < 1.29 is 19.2 Å². The van der Waals surface area contributed by atoms with E-state index in [0.29, 0.717) is 43.5 Å². The minimum Gasteiger partial charge on any atom is -0.353 e. The van der Waals surface area contributed by atoms with Gasteiger partial charge in [0, 0.05) is 32.0 Å². The lowest BCUT2D eigenvalue weighted by atomic mass is 10.00. The van der Waals surface area contributed by atoms with Crippen molar-refractivity contribution in [2.75, 3.05) is 13.1 Å². The van der Waals surface area contributed by atoms with Gasteiger partial charge in [0.2, 0.25) is 11.8 Å². The molecule has 172 valence electrons. The van der Waals surface area contributed by atoms with E-state index in [1.165, 1.54) is 0 Å². The molecule has 0 radical (unpaired) electrons. The Kier molecular flexibility index (Phi) is 6.87. The maximum atomic E-state index is 13.7. The molecule has 0 aliphatic carbocycles. The zero-order chi connectivity index (χ0) is 23.4. The summed E-state index contributed by atoms with van der Waals surface area (Å²) in [5, 5.41) is 3.03. The maximum absolute atomic E-state index is 13.7. The second kappa shape index (κ2) is 9.98. The standard InChI is InChI=1S/C26H29N3O4/c1-2-8-23(30)27-19-13-15-28(16-14-19)26(33)22(17-18-9-4-3-5-10-18)29-24(31)20-11-6-7-12-21(20)25(29)32/h3-7,9-12,19,22H,2,8,13-17H2,1H3,(H,27,30). The van der Waals surface area contributed by atoms with Gasteiger partial charge in [-0.05, 0) is 37.0 Å². The van der Waals surface area contributed by atoms with Gasteiger partial charge in [-0.2, -0.15) is 0 Å². The van der Waals surface area contributed by atoms with Crippen LogP contribution in [0.25, 0.3) is 0 Å². The fourth-order valence-corrected chi connectivity index (χ4v) is 4.60. The number of carbonyl (C=O) groups is 4. The van der Waals surface area contributed by atoms with Gasteiger partial charge in [0.05, 0.1) is 11.1 Å². The third kappa shape index (κ3) is 4.82. The van der Waals surface area contributed by atoms with Crippen LogP contribution in [-0.2, 0) is 16.0 Å². The Morgan fingerprint density at radius 1 is 0.939 bits per heavy atom. The van der Waals surface area contributed by atoms with Crippen LogP contribution in [0, 0.1) is 0 Å². The molecule has 2 aromatic carbocycles. The highest BCUT2D eigenvalue weighted by atomic mass is 16.2. The number of benzene rings is 2. The fourth-order valence-electron chi connectivity index (χ4n) is 4.60. The van der Waals surface area contributed by atoms with Crippen LogP contribution in [-0.4, -0.2) is 58.6 Å². The van der Waals surface area contributed by atoms with Crippen molar-refractivity contribution in [2.24, 2.45) is 0 Å². The predicted octanol–water partition coefficient (Wildman–Crippen LogP) is 2.80. The fraction of sp³-hybridized carbons (Fsp3) is 0.385. The van der Waals surface area contributed by atoms with E-state index >= 15 is 0 Å². The Morgan fingerprint density at radius 3 is 2.09 bits per heavy atom. The molecule has 1 fully saturated rings. The monoisotopic (exact) mass is 447 g/mol. The van der Waals surface area contributed by atoms with E-state index in [-0.39, 0.29) is 24.3 Å². The van der Waals surface area contributed by atoms with Crippen LogP contribution in [0.4, 0.5) is 0 Å². The van der Waals surface area contributed by atoms with Crippen molar-refractivity contribution in [3.63, 3.8) is 0 Å². The second-order valence-electron chi connectivity index (χ2n) is 8.65. The smallest absolute Gasteiger partial charge is 0.262 e. The van der Waals surface area contributed by atoms with Crippen molar-refractivity contribution in [2.45, 2.75) is 51.1 Å². The summed E-state index contributed by atoms with van der Waals surface area (Å²) in [6.07, 6.45) is 2.86. The number of nitrogens with one attached hydrogen (secondary N) is 1. The lowest BCUT2D eigenvalue weighted by Crippen LogP contribution is -2.55. The molecule has 2 aromatic rings. The Bertz CT molecular complexity index is 1010. The van der Waals surface area contributed by atoms with E-state index < -0.39 is 17.9 Å². The molecule has 2 aliphatic heterocycles. The SMILES string of the molecule is CCCC(=O)NC1CCN(C(=O)C(Cc2ccccc2)N2C(=O)c3ccccc3C2=O)CC1. The van der Waals surface area contributed by atoms with E-state index in [9.17, 15) is 19.2 Å². The van der Waals surface area contributed by atoms with Crippen molar-refractivity contribution in [1.29, 1.82) is 0 Å². The van der Waals surface area contributed by atoms with Crippen molar-refractivity contribution >= 4 is 23.6 Å². The van der Waals surface area contributed by atoms with Crippen LogP contribution in [0.15, 0.2) is 54.6 Å². The minimum atomic E-state index is -0.911. The summed E-state index contributed by atoms with van der Waals surface area (Å²) in [5.41, 5.74) is 1.56. The number of amides is 4. The topological polar surface area (TPSA) is 86.8 Å². The minimum absolute atomic E-state index is 0.0373. The molecule has 2 aliphatic rings. The first-order chi connectivity index (χ1) is 16.0. The number of hydrogen-bond donors (Lipinski definition) is 1. The van der Waals surface area contributed by atoms with Crippen LogP contribution in [0.5, 0.6) is 0 Å². The molecule has 0 saturated carbocycles. The van der Waals surface area contributed by atoms with Gasteiger partial charge < -0.3 is 10.2 Å². The van der Waals surface area contributed by atoms with Crippen LogP contribution in [0.2, 0.25) is 0 Å². The Morgan fingerprint density at radius 2 is 1.52 bits per heavy atom.